The van der Waals surface area contributed by atoms with E-state index in [1.165, 1.54) is 29.7 Å². The fraction of sp³-hybridized carbons (Fsp3) is 0.733. The Balaban J connectivity index is 1.86. The van der Waals surface area contributed by atoms with Crippen LogP contribution in [0.15, 0.2) is 21.9 Å². The number of aromatic amines is 1. The number of rotatable bonds is 8. The Morgan fingerprint density at radius 3 is 2.95 bits per heavy atom. The van der Waals surface area contributed by atoms with Gasteiger partial charge >= 0.3 is 5.69 Å². The minimum absolute atomic E-state index is 0.365. The Bertz CT molecular complexity index is 568. The molecule has 1 fully saturated rings. The van der Waals surface area contributed by atoms with Gasteiger partial charge in [0.1, 0.15) is 0 Å². The first kappa shape index (κ1) is 16.9. The first-order valence-corrected chi connectivity index (χ1v) is 8.08. The number of nitrogens with zero attached hydrogens (tertiary/aromatic N) is 2. The summed E-state index contributed by atoms with van der Waals surface area (Å²) in [5.41, 5.74) is 4.87. The lowest BCUT2D eigenvalue weighted by molar-refractivity contribution is 0.239. The van der Waals surface area contributed by atoms with E-state index in [4.69, 9.17) is 5.73 Å². The van der Waals surface area contributed by atoms with Gasteiger partial charge in [-0.05, 0) is 31.8 Å². The number of nitrogens with one attached hydrogen (secondary N) is 2. The maximum absolute atomic E-state index is 11.6. The van der Waals surface area contributed by atoms with Crippen molar-refractivity contribution < 1.29 is 0 Å². The predicted molar refractivity (Wildman–Crippen MR) is 86.8 cm³/mol. The summed E-state index contributed by atoms with van der Waals surface area (Å²) in [6.07, 6.45) is 4.93. The third kappa shape index (κ3) is 4.53. The summed E-state index contributed by atoms with van der Waals surface area (Å²) in [4.78, 5) is 27.4. The quantitative estimate of drug-likeness (QED) is 0.603. The zero-order valence-electron chi connectivity index (χ0n) is 13.3. The summed E-state index contributed by atoms with van der Waals surface area (Å²) < 4.78 is 1.47. The van der Waals surface area contributed by atoms with Crippen molar-refractivity contribution in [3.8, 4) is 0 Å². The second-order valence-corrected chi connectivity index (χ2v) is 5.99. The molecule has 1 aromatic rings. The van der Waals surface area contributed by atoms with E-state index in [1.54, 1.807) is 0 Å². The summed E-state index contributed by atoms with van der Waals surface area (Å²) in [6, 6.07) is 1.86. The summed E-state index contributed by atoms with van der Waals surface area (Å²) in [5.74, 6) is 0.750. The Hall–Kier alpha value is -1.44. The van der Waals surface area contributed by atoms with Gasteiger partial charge in [0.15, 0.2) is 0 Å². The number of H-pyrrole nitrogens is 1. The molecule has 2 atom stereocenters. The largest absolute Gasteiger partial charge is 0.330 e. The van der Waals surface area contributed by atoms with Gasteiger partial charge in [-0.2, -0.15) is 0 Å². The molecule has 7 nitrogen and oxygen atoms in total. The van der Waals surface area contributed by atoms with Crippen molar-refractivity contribution in [1.29, 1.82) is 0 Å². The smallest absolute Gasteiger partial charge is 0.329 e. The van der Waals surface area contributed by atoms with E-state index in [0.29, 0.717) is 12.7 Å². The van der Waals surface area contributed by atoms with Crippen LogP contribution < -0.4 is 22.3 Å². The predicted octanol–water partition coefficient (Wildman–Crippen LogP) is -0.467. The Kier molecular flexibility index (Phi) is 6.35. The fourth-order valence-corrected chi connectivity index (χ4v) is 3.09. The number of hydrogen-bond donors (Lipinski definition) is 3. The Morgan fingerprint density at radius 2 is 2.27 bits per heavy atom. The molecule has 1 saturated heterocycles. The van der Waals surface area contributed by atoms with Gasteiger partial charge in [0.05, 0.1) is 6.67 Å². The van der Waals surface area contributed by atoms with Crippen LogP contribution in [0.4, 0.5) is 0 Å². The summed E-state index contributed by atoms with van der Waals surface area (Å²) >= 11 is 0. The van der Waals surface area contributed by atoms with Gasteiger partial charge in [0.2, 0.25) is 0 Å². The van der Waals surface area contributed by atoms with E-state index in [0.717, 1.165) is 38.5 Å². The molecule has 1 aliphatic heterocycles. The number of nitrogens with two attached hydrogens (primary N) is 1. The van der Waals surface area contributed by atoms with E-state index >= 15 is 0 Å². The van der Waals surface area contributed by atoms with Crippen LogP contribution in [-0.4, -0.2) is 46.7 Å². The molecular formula is C15H27N5O2. The Labute approximate surface area is 130 Å². The molecule has 2 unspecified atom stereocenters. The molecule has 0 aromatic carbocycles. The zero-order valence-corrected chi connectivity index (χ0v) is 13.3. The molecule has 4 N–H and O–H groups in total. The minimum Gasteiger partial charge on any atom is -0.330 e. The monoisotopic (exact) mass is 309 g/mol. The van der Waals surface area contributed by atoms with Crippen molar-refractivity contribution in [2.45, 2.75) is 38.9 Å². The lowest BCUT2D eigenvalue weighted by Crippen LogP contribution is -2.41. The zero-order chi connectivity index (χ0) is 15.9. The molecule has 0 bridgehead atoms. The molecule has 0 spiro atoms. The van der Waals surface area contributed by atoms with Crippen molar-refractivity contribution in [2.75, 3.05) is 26.2 Å². The van der Waals surface area contributed by atoms with Gasteiger partial charge in [-0.1, -0.05) is 13.3 Å². The molecule has 2 heterocycles. The van der Waals surface area contributed by atoms with Gasteiger partial charge < -0.3 is 5.73 Å². The van der Waals surface area contributed by atoms with E-state index in [2.05, 4.69) is 22.1 Å². The third-order valence-electron chi connectivity index (χ3n) is 4.40. The summed E-state index contributed by atoms with van der Waals surface area (Å²) in [5, 5.41) is 3.32. The van der Waals surface area contributed by atoms with Gasteiger partial charge in [-0.25, -0.2) is 4.79 Å². The highest BCUT2D eigenvalue weighted by atomic mass is 16.2. The molecule has 0 amide bonds. The molecule has 2 rings (SSSR count). The van der Waals surface area contributed by atoms with Gasteiger partial charge in [0.25, 0.3) is 5.56 Å². The maximum atomic E-state index is 11.6. The van der Waals surface area contributed by atoms with Crippen LogP contribution in [0.25, 0.3) is 0 Å². The van der Waals surface area contributed by atoms with Gasteiger partial charge in [0, 0.05) is 31.4 Å². The molecule has 0 saturated carbocycles. The van der Waals surface area contributed by atoms with E-state index < -0.39 is 0 Å². The molecule has 124 valence electrons. The number of hydrogen-bond acceptors (Lipinski definition) is 5. The van der Waals surface area contributed by atoms with Crippen LogP contribution in [0.3, 0.4) is 0 Å². The average molecular weight is 309 g/mol. The summed E-state index contributed by atoms with van der Waals surface area (Å²) in [7, 11) is 0. The first-order valence-electron chi connectivity index (χ1n) is 8.08. The van der Waals surface area contributed by atoms with Crippen LogP contribution in [0.2, 0.25) is 0 Å². The lowest BCUT2D eigenvalue weighted by atomic mass is 10.0. The normalized spacial score (nSPS) is 22.3. The fourth-order valence-electron chi connectivity index (χ4n) is 3.09. The average Bonchev–Trinajstić information content (AvgIpc) is 2.90. The number of aromatic nitrogens is 2. The highest BCUT2D eigenvalue weighted by molar-refractivity contribution is 4.86. The summed E-state index contributed by atoms with van der Waals surface area (Å²) in [6.45, 7) is 6.39. The van der Waals surface area contributed by atoms with Crippen LogP contribution in [0.1, 0.15) is 26.2 Å². The third-order valence-corrected chi connectivity index (χ3v) is 4.40. The standard InChI is InChI=1S/C15H27N5O2/c1-2-12-8-13(19(10-12)6-3-5-16)9-17-11-20-7-4-14(21)18-15(20)22/h4,7,12-13,17H,2-3,5-6,8-11,16H2,1H3,(H,18,21,22). The van der Waals surface area contributed by atoms with Crippen LogP contribution in [0, 0.1) is 5.92 Å². The van der Waals surface area contributed by atoms with Crippen molar-refractivity contribution >= 4 is 0 Å². The molecule has 22 heavy (non-hydrogen) atoms. The highest BCUT2D eigenvalue weighted by Gasteiger charge is 2.29. The molecule has 0 radical (unpaired) electrons. The van der Waals surface area contributed by atoms with Crippen molar-refractivity contribution in [3.05, 3.63) is 33.1 Å². The van der Waals surface area contributed by atoms with Gasteiger partial charge in [-0.15, -0.1) is 0 Å². The lowest BCUT2D eigenvalue weighted by Gasteiger charge is -2.24. The maximum Gasteiger partial charge on any atom is 0.329 e. The van der Waals surface area contributed by atoms with E-state index in [1.807, 2.05) is 0 Å². The first-order chi connectivity index (χ1) is 10.6. The second-order valence-electron chi connectivity index (χ2n) is 5.99. The Morgan fingerprint density at radius 1 is 1.45 bits per heavy atom. The van der Waals surface area contributed by atoms with Crippen molar-refractivity contribution in [3.63, 3.8) is 0 Å². The second kappa shape index (κ2) is 8.26. The molecule has 7 heteroatoms. The molecule has 0 aliphatic carbocycles. The van der Waals surface area contributed by atoms with Crippen LogP contribution in [0.5, 0.6) is 0 Å². The SMILES string of the molecule is CCC1CC(CNCn2ccc(=O)[nH]c2=O)N(CCCN)C1. The molecular weight excluding hydrogens is 282 g/mol. The van der Waals surface area contributed by atoms with Crippen LogP contribution >= 0.6 is 0 Å². The number of likely N-dealkylation sites (tertiary alicyclic amines) is 1. The van der Waals surface area contributed by atoms with E-state index in [-0.39, 0.29) is 11.2 Å². The molecule has 1 aliphatic rings. The molecule has 1 aromatic heterocycles. The van der Waals surface area contributed by atoms with E-state index in [9.17, 15) is 9.59 Å². The van der Waals surface area contributed by atoms with Crippen LogP contribution in [-0.2, 0) is 6.67 Å². The van der Waals surface area contributed by atoms with Crippen molar-refractivity contribution in [2.24, 2.45) is 11.7 Å². The van der Waals surface area contributed by atoms with Crippen molar-refractivity contribution in [1.82, 2.24) is 19.8 Å². The van der Waals surface area contributed by atoms with Gasteiger partial charge in [-0.3, -0.25) is 24.6 Å². The minimum atomic E-state index is -0.377. The topological polar surface area (TPSA) is 96.1 Å². The highest BCUT2D eigenvalue weighted by Crippen LogP contribution is 2.25.